The fourth-order valence-electron chi connectivity index (χ4n) is 3.03. The Bertz CT molecular complexity index is 1090. The zero-order valence-electron chi connectivity index (χ0n) is 16.2. The van der Waals surface area contributed by atoms with Gasteiger partial charge in [-0.25, -0.2) is 12.7 Å². The molecule has 3 rings (SSSR count). The van der Waals surface area contributed by atoms with Gasteiger partial charge >= 0.3 is 0 Å². The number of rotatable bonds is 7. The number of nitrogens with zero attached hydrogens (tertiary/aromatic N) is 1. The number of ether oxygens (including phenoxy) is 1. The van der Waals surface area contributed by atoms with E-state index in [2.05, 4.69) is 5.32 Å². The van der Waals surface area contributed by atoms with E-state index in [1.54, 1.807) is 30.6 Å². The van der Waals surface area contributed by atoms with Gasteiger partial charge in [0.1, 0.15) is 23.7 Å². The van der Waals surface area contributed by atoms with Gasteiger partial charge in [0.05, 0.1) is 12.7 Å². The number of sulfonamides is 1. The highest BCUT2D eigenvalue weighted by Crippen LogP contribution is 2.30. The molecule has 0 bridgehead atoms. The number of amides is 2. The molecule has 0 radical (unpaired) electrons. The minimum absolute atomic E-state index is 0.0132. The third-order valence-electron chi connectivity index (χ3n) is 4.62. The highest BCUT2D eigenvalue weighted by molar-refractivity contribution is 7.90. The Labute approximate surface area is 194 Å². The van der Waals surface area contributed by atoms with Crippen molar-refractivity contribution in [2.75, 3.05) is 13.7 Å². The minimum atomic E-state index is -4.12. The molecule has 8 nitrogen and oxygen atoms in total. The number of hydrogen-bond donors (Lipinski definition) is 2. The molecule has 0 unspecified atom stereocenters. The van der Waals surface area contributed by atoms with Crippen LogP contribution in [0.2, 0.25) is 0 Å². The Balaban J connectivity index is 1.68. The average Bonchev–Trinajstić information content (AvgIpc) is 2.91. The number of fused-ring (bicyclic) bond motifs is 1. The smallest absolute Gasteiger partial charge is 0.269 e. The fourth-order valence-corrected chi connectivity index (χ4v) is 4.98. The summed E-state index contributed by atoms with van der Waals surface area (Å²) in [5.41, 5.74) is 0.890. The lowest BCUT2D eigenvalue weighted by molar-refractivity contribution is -0.707. The molecule has 0 fully saturated rings. The number of hydrogen-bond acceptors (Lipinski definition) is 5. The summed E-state index contributed by atoms with van der Waals surface area (Å²) in [4.78, 5) is 24.9. The highest BCUT2D eigenvalue weighted by atomic mass is 35.6. The predicted molar refractivity (Wildman–Crippen MR) is 116 cm³/mol. The van der Waals surface area contributed by atoms with Crippen LogP contribution in [0, 0.1) is 0 Å². The van der Waals surface area contributed by atoms with Gasteiger partial charge in [-0.2, -0.15) is 0 Å². The number of nitrogens with two attached hydrogens (primary N) is 1. The van der Waals surface area contributed by atoms with Gasteiger partial charge in [0.2, 0.25) is 12.1 Å². The first-order valence-electron chi connectivity index (χ1n) is 9.02. The summed E-state index contributed by atoms with van der Waals surface area (Å²) in [7, 11) is -2.57. The van der Waals surface area contributed by atoms with Crippen molar-refractivity contribution in [3.63, 3.8) is 0 Å². The first-order valence-corrected chi connectivity index (χ1v) is 11.6. The van der Waals surface area contributed by atoms with Crippen molar-refractivity contribution in [1.82, 2.24) is 9.62 Å². The molecule has 2 amide bonds. The third kappa shape index (κ3) is 5.24. The summed E-state index contributed by atoms with van der Waals surface area (Å²) in [6.07, 6.45) is -1.03. The summed E-state index contributed by atoms with van der Waals surface area (Å²) in [6, 6.07) is 12.9. The van der Waals surface area contributed by atoms with Crippen molar-refractivity contribution >= 4 is 56.6 Å². The minimum Gasteiger partial charge on any atom is -0.497 e. The van der Waals surface area contributed by atoms with Crippen LogP contribution < -0.4 is 15.4 Å². The van der Waals surface area contributed by atoms with E-state index in [1.807, 2.05) is 12.1 Å². The van der Waals surface area contributed by atoms with E-state index in [-0.39, 0.29) is 10.5 Å². The molecule has 0 saturated heterocycles. The number of quaternary nitrogens is 1. The zero-order valence-corrected chi connectivity index (χ0v) is 19.3. The predicted octanol–water partition coefficient (Wildman–Crippen LogP) is 1.42. The molecule has 1 atom stereocenters. The van der Waals surface area contributed by atoms with Crippen molar-refractivity contribution in [3.8, 4) is 5.75 Å². The maximum absolute atomic E-state index is 12.6. The summed E-state index contributed by atoms with van der Waals surface area (Å²) < 4.78 is 28.9. The van der Waals surface area contributed by atoms with Crippen LogP contribution in [0.5, 0.6) is 5.75 Å². The van der Waals surface area contributed by atoms with Crippen LogP contribution >= 0.6 is 34.8 Å². The van der Waals surface area contributed by atoms with E-state index >= 15 is 0 Å². The Hall–Kier alpha value is -2.04. The number of alkyl halides is 3. The maximum atomic E-state index is 12.6. The number of carbonyl (C=O) groups excluding carboxylic acids is 2. The number of nitrogens with one attached hydrogen (secondary N) is 1. The van der Waals surface area contributed by atoms with Crippen LogP contribution in [-0.4, -0.2) is 48.2 Å². The molecule has 1 aliphatic heterocycles. The van der Waals surface area contributed by atoms with Crippen molar-refractivity contribution < 1.29 is 28.1 Å². The average molecular weight is 508 g/mol. The fraction of sp³-hybridized carbons (Fsp3) is 0.263. The maximum Gasteiger partial charge on any atom is 0.269 e. The van der Waals surface area contributed by atoms with Crippen molar-refractivity contribution in [3.05, 3.63) is 59.7 Å². The van der Waals surface area contributed by atoms with Gasteiger partial charge < -0.3 is 15.4 Å². The monoisotopic (exact) mass is 506 g/mol. The number of benzene rings is 2. The van der Waals surface area contributed by atoms with Gasteiger partial charge in [-0.15, -0.1) is 0 Å². The summed E-state index contributed by atoms with van der Waals surface area (Å²) in [6.45, 7) is -0.376. The van der Waals surface area contributed by atoms with Crippen LogP contribution in [0.25, 0.3) is 0 Å². The third-order valence-corrected chi connectivity index (χ3v) is 7.11. The quantitative estimate of drug-likeness (QED) is 0.435. The van der Waals surface area contributed by atoms with Crippen molar-refractivity contribution in [2.24, 2.45) is 0 Å². The topological polar surface area (TPSA) is 109 Å². The Morgan fingerprint density at radius 2 is 1.81 bits per heavy atom. The molecule has 0 aromatic heterocycles. The van der Waals surface area contributed by atoms with E-state index in [1.165, 1.54) is 18.2 Å². The SMILES string of the molecule is COc1ccc(C[NH2+][C@@H](NC(=O)CN2C(=O)c3ccccc3S2(=O)=O)C(Cl)(Cl)Cl)cc1. The lowest BCUT2D eigenvalue weighted by Gasteiger charge is -2.24. The van der Waals surface area contributed by atoms with Gasteiger partial charge in [-0.1, -0.05) is 46.9 Å². The Morgan fingerprint density at radius 1 is 1.16 bits per heavy atom. The van der Waals surface area contributed by atoms with Crippen LogP contribution in [0.3, 0.4) is 0 Å². The van der Waals surface area contributed by atoms with Crippen LogP contribution in [0.15, 0.2) is 53.4 Å². The number of halogens is 3. The summed E-state index contributed by atoms with van der Waals surface area (Å²) in [5.74, 6) is -0.877. The zero-order chi connectivity index (χ0) is 22.8. The van der Waals surface area contributed by atoms with Gasteiger partial charge in [-0.05, 0) is 36.4 Å². The molecule has 0 saturated carbocycles. The molecule has 31 heavy (non-hydrogen) atoms. The Kier molecular flexibility index (Phi) is 7.02. The van der Waals surface area contributed by atoms with E-state index < -0.39 is 38.3 Å². The first-order chi connectivity index (χ1) is 14.5. The molecular formula is C19H19Cl3N3O5S+. The molecule has 0 spiro atoms. The van der Waals surface area contributed by atoms with Gasteiger partial charge in [0.25, 0.3) is 19.7 Å². The summed E-state index contributed by atoms with van der Waals surface area (Å²) >= 11 is 18.0. The second kappa shape index (κ2) is 9.22. The van der Waals surface area contributed by atoms with Crippen molar-refractivity contribution in [1.29, 1.82) is 0 Å². The number of carbonyl (C=O) groups is 2. The van der Waals surface area contributed by atoms with Crippen LogP contribution in [0.1, 0.15) is 15.9 Å². The molecule has 2 aromatic carbocycles. The van der Waals surface area contributed by atoms with Gasteiger partial charge in [0, 0.05) is 5.56 Å². The normalized spacial score (nSPS) is 16.0. The second-order valence-corrected chi connectivity index (χ2v) is 10.9. The molecule has 1 heterocycles. The molecule has 1 aliphatic rings. The second-order valence-electron chi connectivity index (χ2n) is 6.69. The molecule has 3 N–H and O–H groups in total. The molecular weight excluding hydrogens is 489 g/mol. The van der Waals surface area contributed by atoms with Gasteiger partial charge in [0.15, 0.2) is 0 Å². The van der Waals surface area contributed by atoms with E-state index in [0.29, 0.717) is 16.6 Å². The Morgan fingerprint density at radius 3 is 2.39 bits per heavy atom. The number of methoxy groups -OCH3 is 1. The van der Waals surface area contributed by atoms with Crippen molar-refractivity contribution in [2.45, 2.75) is 21.4 Å². The molecule has 12 heteroatoms. The van der Waals surface area contributed by atoms with E-state index in [4.69, 9.17) is 39.5 Å². The molecule has 0 aliphatic carbocycles. The first kappa shape index (κ1) is 23.6. The standard InChI is InChI=1S/C19H18Cl3N3O5S/c1-30-13-8-6-12(7-9-13)10-23-18(19(20,21)22)24-16(26)11-25-17(27)14-4-2-3-5-15(14)31(25,28)29/h2-9,18,23H,10-11H2,1H3,(H,24,26)/p+1/t18-/m0/s1. The van der Waals surface area contributed by atoms with E-state index in [9.17, 15) is 18.0 Å². The lowest BCUT2D eigenvalue weighted by Crippen LogP contribution is -2.95. The van der Waals surface area contributed by atoms with Crippen LogP contribution in [-0.2, 0) is 21.4 Å². The van der Waals surface area contributed by atoms with E-state index in [0.717, 1.165) is 5.56 Å². The molecule has 2 aromatic rings. The summed E-state index contributed by atoms with van der Waals surface area (Å²) in [5, 5.41) is 4.07. The highest BCUT2D eigenvalue weighted by Gasteiger charge is 2.43. The van der Waals surface area contributed by atoms with Gasteiger partial charge in [-0.3, -0.25) is 9.59 Å². The van der Waals surface area contributed by atoms with Crippen LogP contribution in [0.4, 0.5) is 0 Å². The largest absolute Gasteiger partial charge is 0.497 e. The molecule has 166 valence electrons. The lowest BCUT2D eigenvalue weighted by atomic mass is 10.2.